The van der Waals surface area contributed by atoms with Crippen molar-refractivity contribution in [1.82, 2.24) is 24.8 Å². The van der Waals surface area contributed by atoms with E-state index >= 15 is 0 Å². The summed E-state index contributed by atoms with van der Waals surface area (Å²) in [4.78, 5) is 30.1. The number of hydrogen-bond acceptors (Lipinski definition) is 5. The third kappa shape index (κ3) is 3.43. The fraction of sp³-hybridized carbons (Fsp3) is 0.444. The number of rotatable bonds is 4. The molecule has 1 saturated heterocycles. The number of pyridine rings is 1. The van der Waals surface area contributed by atoms with Gasteiger partial charge in [0, 0.05) is 31.0 Å². The van der Waals surface area contributed by atoms with Crippen LogP contribution < -0.4 is 0 Å². The molecule has 0 aromatic carbocycles. The van der Waals surface area contributed by atoms with Crippen molar-refractivity contribution >= 4 is 5.91 Å². The second-order valence-corrected chi connectivity index (χ2v) is 6.44. The topological polar surface area (TPSA) is 62.2 Å². The van der Waals surface area contributed by atoms with Gasteiger partial charge in [0.15, 0.2) is 0 Å². The second-order valence-electron chi connectivity index (χ2n) is 6.44. The normalized spacial score (nSPS) is 17.5. The van der Waals surface area contributed by atoms with Crippen LogP contribution in [0.3, 0.4) is 0 Å². The number of carbonyl (C=O) groups excluding carboxylic acids is 1. The molecular formula is C18H23N5O. The van der Waals surface area contributed by atoms with E-state index in [4.69, 9.17) is 0 Å². The number of amides is 1. The summed E-state index contributed by atoms with van der Waals surface area (Å²) in [6, 6.07) is 5.43. The van der Waals surface area contributed by atoms with E-state index in [0.717, 1.165) is 43.0 Å². The molecule has 2 aromatic heterocycles. The minimum Gasteiger partial charge on any atom is -0.329 e. The maximum atomic E-state index is 12.9. The molecule has 126 valence electrons. The highest BCUT2D eigenvalue weighted by atomic mass is 16.2. The third-order valence-electron chi connectivity index (χ3n) is 4.22. The molecular weight excluding hydrogens is 302 g/mol. The molecule has 2 aromatic rings. The molecule has 3 heterocycles. The van der Waals surface area contributed by atoms with E-state index < -0.39 is 0 Å². The van der Waals surface area contributed by atoms with Gasteiger partial charge in [0.05, 0.1) is 11.7 Å². The molecule has 0 saturated carbocycles. The lowest BCUT2D eigenvalue weighted by Crippen LogP contribution is -2.32. The smallest absolute Gasteiger partial charge is 0.273 e. The zero-order valence-corrected chi connectivity index (χ0v) is 14.4. The standard InChI is InChI=1S/C18H23N5O/c1-13-20-11-14(12-22(2)3)17(21-13)16-8-6-10-23(16)18(24)15-7-4-5-9-19-15/h4-5,7,9,11,16H,6,8,10,12H2,1-3H3/t16-/m1/s1. The molecule has 1 aliphatic heterocycles. The van der Waals surface area contributed by atoms with Crippen LogP contribution in [0.5, 0.6) is 0 Å². The molecule has 1 aliphatic rings. The minimum atomic E-state index is -0.0230. The van der Waals surface area contributed by atoms with E-state index in [0.29, 0.717) is 5.69 Å². The van der Waals surface area contributed by atoms with E-state index in [1.807, 2.05) is 44.2 Å². The molecule has 1 fully saturated rings. The van der Waals surface area contributed by atoms with Gasteiger partial charge in [-0.1, -0.05) is 6.07 Å². The predicted molar refractivity (Wildman–Crippen MR) is 91.4 cm³/mol. The Morgan fingerprint density at radius 2 is 2.17 bits per heavy atom. The Kier molecular flexibility index (Phi) is 4.85. The zero-order chi connectivity index (χ0) is 17.1. The van der Waals surface area contributed by atoms with E-state index in [9.17, 15) is 4.79 Å². The van der Waals surface area contributed by atoms with Gasteiger partial charge in [-0.25, -0.2) is 9.97 Å². The third-order valence-corrected chi connectivity index (χ3v) is 4.22. The summed E-state index contributed by atoms with van der Waals surface area (Å²) in [5.41, 5.74) is 2.54. The first-order valence-electron chi connectivity index (χ1n) is 8.25. The first-order chi connectivity index (χ1) is 11.6. The van der Waals surface area contributed by atoms with Crippen LogP contribution in [0.4, 0.5) is 0 Å². The quantitative estimate of drug-likeness (QED) is 0.862. The predicted octanol–water partition coefficient (Wildman–Crippen LogP) is 2.22. The average molecular weight is 325 g/mol. The Bertz CT molecular complexity index is 717. The van der Waals surface area contributed by atoms with Gasteiger partial charge in [-0.05, 0) is 46.0 Å². The van der Waals surface area contributed by atoms with E-state index in [1.54, 1.807) is 12.3 Å². The molecule has 6 heteroatoms. The molecule has 1 amide bonds. The summed E-state index contributed by atoms with van der Waals surface area (Å²) >= 11 is 0. The first-order valence-corrected chi connectivity index (χ1v) is 8.25. The lowest BCUT2D eigenvalue weighted by Gasteiger charge is -2.26. The molecule has 0 radical (unpaired) electrons. The highest BCUT2D eigenvalue weighted by Gasteiger charge is 2.33. The zero-order valence-electron chi connectivity index (χ0n) is 14.4. The Morgan fingerprint density at radius 1 is 1.33 bits per heavy atom. The van der Waals surface area contributed by atoms with E-state index in [1.165, 1.54) is 0 Å². The number of likely N-dealkylation sites (tertiary alicyclic amines) is 1. The summed E-state index contributed by atoms with van der Waals surface area (Å²) in [7, 11) is 4.05. The Morgan fingerprint density at radius 3 is 2.88 bits per heavy atom. The summed E-state index contributed by atoms with van der Waals surface area (Å²) < 4.78 is 0. The summed E-state index contributed by atoms with van der Waals surface area (Å²) in [5.74, 6) is 0.717. The summed E-state index contributed by atoms with van der Waals surface area (Å²) in [5, 5.41) is 0. The number of aryl methyl sites for hydroxylation is 1. The van der Waals surface area contributed by atoms with Crippen molar-refractivity contribution in [3.05, 3.63) is 53.4 Å². The fourth-order valence-electron chi connectivity index (χ4n) is 3.19. The summed E-state index contributed by atoms with van der Waals surface area (Å²) in [6.07, 6.45) is 5.45. The number of carbonyl (C=O) groups is 1. The van der Waals surface area contributed by atoms with Crippen molar-refractivity contribution in [1.29, 1.82) is 0 Å². The fourth-order valence-corrected chi connectivity index (χ4v) is 3.19. The van der Waals surface area contributed by atoms with Crippen LogP contribution in [-0.4, -0.2) is 51.3 Å². The Hall–Kier alpha value is -2.34. The van der Waals surface area contributed by atoms with Crippen molar-refractivity contribution in [3.8, 4) is 0 Å². The monoisotopic (exact) mass is 325 g/mol. The molecule has 0 bridgehead atoms. The van der Waals surface area contributed by atoms with Crippen LogP contribution in [0.2, 0.25) is 0 Å². The van der Waals surface area contributed by atoms with Gasteiger partial charge >= 0.3 is 0 Å². The maximum absolute atomic E-state index is 12.9. The number of hydrogen-bond donors (Lipinski definition) is 0. The van der Waals surface area contributed by atoms with Crippen LogP contribution in [0.1, 0.15) is 46.5 Å². The van der Waals surface area contributed by atoms with Gasteiger partial charge in [-0.3, -0.25) is 9.78 Å². The van der Waals surface area contributed by atoms with Crippen molar-refractivity contribution in [2.24, 2.45) is 0 Å². The molecule has 6 nitrogen and oxygen atoms in total. The Labute approximate surface area is 142 Å². The lowest BCUT2D eigenvalue weighted by molar-refractivity contribution is 0.0725. The minimum absolute atomic E-state index is 0.00356. The lowest BCUT2D eigenvalue weighted by atomic mass is 10.1. The number of nitrogens with zero attached hydrogens (tertiary/aromatic N) is 5. The van der Waals surface area contributed by atoms with Crippen molar-refractivity contribution in [2.45, 2.75) is 32.4 Å². The number of aromatic nitrogens is 3. The molecule has 0 unspecified atom stereocenters. The molecule has 0 N–H and O–H groups in total. The van der Waals surface area contributed by atoms with Gasteiger partial charge in [-0.15, -0.1) is 0 Å². The van der Waals surface area contributed by atoms with Gasteiger partial charge in [0.1, 0.15) is 11.5 Å². The van der Waals surface area contributed by atoms with Crippen LogP contribution in [-0.2, 0) is 6.54 Å². The molecule has 1 atom stereocenters. The SMILES string of the molecule is Cc1ncc(CN(C)C)c([C@H]2CCCN2C(=O)c2ccccn2)n1. The first kappa shape index (κ1) is 16.5. The maximum Gasteiger partial charge on any atom is 0.273 e. The second kappa shape index (κ2) is 7.05. The van der Waals surface area contributed by atoms with Crippen molar-refractivity contribution in [3.63, 3.8) is 0 Å². The van der Waals surface area contributed by atoms with E-state index in [2.05, 4.69) is 19.9 Å². The van der Waals surface area contributed by atoms with Gasteiger partial charge in [0.25, 0.3) is 5.91 Å². The van der Waals surface area contributed by atoms with Crippen molar-refractivity contribution < 1.29 is 4.79 Å². The van der Waals surface area contributed by atoms with E-state index in [-0.39, 0.29) is 11.9 Å². The molecule has 0 aliphatic carbocycles. The highest BCUT2D eigenvalue weighted by molar-refractivity contribution is 5.92. The van der Waals surface area contributed by atoms with Gasteiger partial charge in [-0.2, -0.15) is 0 Å². The van der Waals surface area contributed by atoms with Crippen LogP contribution in [0, 0.1) is 6.92 Å². The Balaban J connectivity index is 1.93. The van der Waals surface area contributed by atoms with Crippen LogP contribution >= 0.6 is 0 Å². The van der Waals surface area contributed by atoms with Crippen molar-refractivity contribution in [2.75, 3.05) is 20.6 Å². The molecule has 0 spiro atoms. The average Bonchev–Trinajstić information content (AvgIpc) is 3.05. The van der Waals surface area contributed by atoms with Gasteiger partial charge < -0.3 is 9.80 Å². The molecule has 3 rings (SSSR count). The largest absolute Gasteiger partial charge is 0.329 e. The van der Waals surface area contributed by atoms with Gasteiger partial charge in [0.2, 0.25) is 0 Å². The van der Waals surface area contributed by atoms with Crippen LogP contribution in [0.15, 0.2) is 30.6 Å². The summed E-state index contributed by atoms with van der Waals surface area (Å²) in [6.45, 7) is 3.39. The highest BCUT2D eigenvalue weighted by Crippen LogP contribution is 2.33. The molecule has 24 heavy (non-hydrogen) atoms. The van der Waals surface area contributed by atoms with Crippen LogP contribution in [0.25, 0.3) is 0 Å².